The molecule has 1 aromatic rings. The number of nitrogens with zero attached hydrogens (tertiary/aromatic N) is 5. The van der Waals surface area contributed by atoms with E-state index in [9.17, 15) is 4.79 Å². The molecule has 178 valence electrons. The molecule has 3 aliphatic heterocycles. The van der Waals surface area contributed by atoms with Crippen LogP contribution < -0.4 is 5.73 Å². The third kappa shape index (κ3) is 3.77. The van der Waals surface area contributed by atoms with Crippen molar-refractivity contribution in [1.82, 2.24) is 14.9 Å². The van der Waals surface area contributed by atoms with Crippen LogP contribution in [0.3, 0.4) is 0 Å². The molecular formula is C22H31N6O5+. The van der Waals surface area contributed by atoms with Crippen LogP contribution in [0.5, 0.6) is 0 Å². The number of anilines is 1. The van der Waals surface area contributed by atoms with E-state index in [0.29, 0.717) is 29.8 Å². The van der Waals surface area contributed by atoms with Crippen molar-refractivity contribution in [2.24, 2.45) is 10.9 Å². The van der Waals surface area contributed by atoms with Crippen LogP contribution in [0.15, 0.2) is 11.3 Å². The van der Waals surface area contributed by atoms with Crippen LogP contribution in [-0.4, -0.2) is 87.5 Å². The van der Waals surface area contributed by atoms with Gasteiger partial charge in [0.05, 0.1) is 13.0 Å². The number of rotatable bonds is 5. The molecule has 3 atom stereocenters. The highest BCUT2D eigenvalue weighted by Gasteiger charge is 2.57. The minimum Gasteiger partial charge on any atom is -0.469 e. The number of aliphatic imine (C=N–C) groups is 1. The number of methoxy groups -OCH3 is 1. The van der Waals surface area contributed by atoms with E-state index in [0.717, 1.165) is 12.8 Å². The van der Waals surface area contributed by atoms with Crippen molar-refractivity contribution in [3.05, 3.63) is 6.33 Å². The Balaban J connectivity index is 1.41. The lowest BCUT2D eigenvalue weighted by molar-refractivity contribution is -0.317. The largest absolute Gasteiger partial charge is 0.469 e. The smallest absolute Gasteiger partial charge is 0.318 e. The van der Waals surface area contributed by atoms with Gasteiger partial charge in [-0.2, -0.15) is 9.56 Å². The van der Waals surface area contributed by atoms with Crippen molar-refractivity contribution in [3.8, 4) is 0 Å². The average molecular weight is 460 g/mol. The van der Waals surface area contributed by atoms with E-state index in [1.54, 1.807) is 10.9 Å². The van der Waals surface area contributed by atoms with E-state index in [1.165, 1.54) is 13.4 Å². The number of esters is 1. The first-order valence-corrected chi connectivity index (χ1v) is 11.3. The fraction of sp³-hybridized carbons (Fsp3) is 0.682. The number of fused-ring (bicyclic) bond motifs is 2. The van der Waals surface area contributed by atoms with Crippen LogP contribution in [0, 0.1) is 5.92 Å². The molecule has 0 bridgehead atoms. The summed E-state index contributed by atoms with van der Waals surface area (Å²) < 4.78 is 25.7. The van der Waals surface area contributed by atoms with Crippen LogP contribution in [0.4, 0.5) is 17.3 Å². The summed E-state index contributed by atoms with van der Waals surface area (Å²) in [5.41, 5.74) is 6.48. The first-order valence-electron chi connectivity index (χ1n) is 11.3. The maximum atomic E-state index is 11.9. The Labute approximate surface area is 192 Å². The lowest BCUT2D eigenvalue weighted by atomic mass is 9.78. The molecule has 0 aromatic carbocycles. The zero-order valence-corrected chi connectivity index (χ0v) is 19.6. The third-order valence-electron chi connectivity index (χ3n) is 6.78. The molecule has 2 saturated heterocycles. The van der Waals surface area contributed by atoms with Gasteiger partial charge in [-0.15, -0.1) is 0 Å². The molecule has 3 fully saturated rings. The van der Waals surface area contributed by atoms with Gasteiger partial charge in [-0.1, -0.05) is 9.98 Å². The summed E-state index contributed by atoms with van der Waals surface area (Å²) in [7, 11) is 1.44. The number of nitrogen functional groups attached to an aromatic ring is 1. The predicted molar refractivity (Wildman–Crippen MR) is 119 cm³/mol. The normalized spacial score (nSPS) is 33.7. The molecule has 1 aromatic heterocycles. The monoisotopic (exact) mass is 459 g/mol. The highest BCUT2D eigenvalue weighted by Crippen LogP contribution is 2.41. The van der Waals surface area contributed by atoms with E-state index < -0.39 is 11.9 Å². The molecule has 0 amide bonds. The molecule has 0 spiro atoms. The van der Waals surface area contributed by atoms with Gasteiger partial charge in [0.1, 0.15) is 12.2 Å². The average Bonchev–Trinajstić information content (AvgIpc) is 3.37. The molecule has 4 aliphatic rings. The van der Waals surface area contributed by atoms with Crippen LogP contribution >= 0.6 is 0 Å². The maximum absolute atomic E-state index is 11.9. The summed E-state index contributed by atoms with van der Waals surface area (Å²) in [6.07, 6.45) is 3.65. The lowest BCUT2D eigenvalue weighted by Crippen LogP contribution is -2.53. The fourth-order valence-electron chi connectivity index (χ4n) is 5.10. The van der Waals surface area contributed by atoms with Gasteiger partial charge in [-0.05, 0) is 40.5 Å². The van der Waals surface area contributed by atoms with Crippen molar-refractivity contribution in [3.63, 3.8) is 0 Å². The van der Waals surface area contributed by atoms with E-state index in [-0.39, 0.29) is 36.2 Å². The van der Waals surface area contributed by atoms with Crippen molar-refractivity contribution < 1.29 is 28.3 Å². The van der Waals surface area contributed by atoms with Gasteiger partial charge in [-0.3, -0.25) is 9.69 Å². The van der Waals surface area contributed by atoms with Gasteiger partial charge >= 0.3 is 11.8 Å². The Morgan fingerprint density at radius 1 is 1.33 bits per heavy atom. The maximum Gasteiger partial charge on any atom is 0.318 e. The van der Waals surface area contributed by atoms with Gasteiger partial charge in [0.25, 0.3) is 11.6 Å². The second kappa shape index (κ2) is 8.00. The third-order valence-corrected chi connectivity index (χ3v) is 6.78. The zero-order valence-electron chi connectivity index (χ0n) is 19.6. The Morgan fingerprint density at radius 2 is 2.09 bits per heavy atom. The summed E-state index contributed by atoms with van der Waals surface area (Å²) in [5, 5.41) is 0. The molecule has 1 saturated carbocycles. The van der Waals surface area contributed by atoms with E-state index in [2.05, 4.69) is 33.7 Å². The molecule has 2 N–H and O–H groups in total. The van der Waals surface area contributed by atoms with Crippen LogP contribution in [0.2, 0.25) is 0 Å². The second-order valence-corrected chi connectivity index (χ2v) is 9.70. The number of hydrogen-bond acceptors (Lipinski definition) is 10. The zero-order chi connectivity index (χ0) is 23.5. The Morgan fingerprint density at radius 3 is 2.79 bits per heavy atom. The second-order valence-electron chi connectivity index (χ2n) is 9.70. The van der Waals surface area contributed by atoms with Crippen LogP contribution in [0.1, 0.15) is 40.5 Å². The molecule has 5 rings (SSSR count). The molecule has 11 heteroatoms. The summed E-state index contributed by atoms with van der Waals surface area (Å²) >= 11 is 0. The molecule has 3 unspecified atom stereocenters. The SMILES string of the molecule is COC(=O)C1CC(N(CC2OC(=[N+]3C=Nc4c(N)ncnc43)C3OC(C)(C)OC23)C(C)C)C1. The van der Waals surface area contributed by atoms with Crippen LogP contribution in [0.25, 0.3) is 0 Å². The lowest BCUT2D eigenvalue weighted by Gasteiger charge is -2.44. The highest BCUT2D eigenvalue weighted by molar-refractivity contribution is 5.88. The fourth-order valence-corrected chi connectivity index (χ4v) is 5.10. The van der Waals surface area contributed by atoms with Crippen LogP contribution in [-0.2, 0) is 23.7 Å². The van der Waals surface area contributed by atoms with Crippen molar-refractivity contribution in [2.75, 3.05) is 19.4 Å². The quantitative estimate of drug-likeness (QED) is 0.513. The predicted octanol–water partition coefficient (Wildman–Crippen LogP) is 1.36. The molecule has 1 aliphatic carbocycles. The summed E-state index contributed by atoms with van der Waals surface area (Å²) in [5.74, 6) is 0.540. The molecular weight excluding hydrogens is 428 g/mol. The Bertz CT molecular complexity index is 1020. The Kier molecular flexibility index (Phi) is 5.37. The van der Waals surface area contributed by atoms with E-state index in [1.807, 2.05) is 13.8 Å². The first-order chi connectivity index (χ1) is 15.7. The highest BCUT2D eigenvalue weighted by atomic mass is 16.8. The number of hydrogen-bond donors (Lipinski definition) is 1. The van der Waals surface area contributed by atoms with Gasteiger partial charge in [0, 0.05) is 18.6 Å². The van der Waals surface area contributed by atoms with Crippen molar-refractivity contribution >= 4 is 35.5 Å². The minimum atomic E-state index is -0.748. The molecule has 11 nitrogen and oxygen atoms in total. The summed E-state index contributed by atoms with van der Waals surface area (Å²) in [4.78, 5) is 27.0. The molecule has 0 radical (unpaired) electrons. The number of aromatic nitrogens is 2. The van der Waals surface area contributed by atoms with Crippen molar-refractivity contribution in [1.29, 1.82) is 0 Å². The molecule has 4 heterocycles. The van der Waals surface area contributed by atoms with Gasteiger partial charge in [0.15, 0.2) is 24.0 Å². The van der Waals surface area contributed by atoms with E-state index >= 15 is 0 Å². The summed E-state index contributed by atoms with van der Waals surface area (Å²) in [6.45, 7) is 8.76. The minimum absolute atomic E-state index is 0.0342. The standard InChI is InChI=1S/C22H31N6O5/c1-11(2)27(13-6-12(7-13)21(29)30-5)8-14-16-17(33-22(3,4)32-16)20(31-14)28-10-26-15-18(23)24-9-25-19(15)28/h9-14,16-17H,6-8H2,1-5H3,(H2,23,24,25)/q+1. The topological polar surface area (TPSA) is 124 Å². The first kappa shape index (κ1) is 22.2. The van der Waals surface area contributed by atoms with E-state index in [4.69, 9.17) is 24.7 Å². The van der Waals surface area contributed by atoms with Gasteiger partial charge in [0.2, 0.25) is 6.34 Å². The number of carbonyl (C=O) groups excluding carboxylic acids is 1. The number of carbonyl (C=O) groups is 1. The molecule has 33 heavy (non-hydrogen) atoms. The number of nitrogens with two attached hydrogens (primary N) is 1. The van der Waals surface area contributed by atoms with Crippen molar-refractivity contribution in [2.45, 2.75) is 76.7 Å². The van der Waals surface area contributed by atoms with Gasteiger partial charge in [-0.25, -0.2) is 0 Å². The number of ether oxygens (including phenoxy) is 4. The summed E-state index contributed by atoms with van der Waals surface area (Å²) in [6, 6.07) is 0.564. The Hall–Kier alpha value is -2.63. The van der Waals surface area contributed by atoms with Gasteiger partial charge < -0.3 is 24.7 Å².